The molecule has 0 N–H and O–H groups in total. The van der Waals surface area contributed by atoms with Crippen molar-refractivity contribution >= 4 is 146 Å². The summed E-state index contributed by atoms with van der Waals surface area (Å²) in [5, 5.41) is 41.6. The SMILES string of the molecule is C[N+]1(C)C[C@@]23C4=C5C6=C7c8c9c%10c%11c%12c%13c%14c%15c%16c%17c%18c%19c%20c%21c%22c%23c%24c%25c%26c%27c(c(c8c8c%10c%13c(c%278)c8c%14c%17c(c%24c%22%18)c%268)[C@@]72C1)[C@H]%25[C@@H]3C=%23[C@@H]4[C@H]%21c1c5c2c3c(c1-%20)[C@H]([C@H]%19%16)[C@@]1(C[N+](C)(C)C[C@]%12%151)C3=C%11[C@H]9[C@H]62. The Hall–Kier alpha value is -6.32. The van der Waals surface area contributed by atoms with Gasteiger partial charge in [0, 0.05) is 47.3 Å². The molecule has 0 unspecified atom stereocenters. The average molecular weight is 873 g/mol. The molecular formula is C68H28N2+2. The first-order valence-electron chi connectivity index (χ1n) is 27.9. The number of quaternary nitrogens is 2. The van der Waals surface area contributed by atoms with Gasteiger partial charge in [0.15, 0.2) is 0 Å². The van der Waals surface area contributed by atoms with E-state index in [1.807, 2.05) is 198 Å². The molecule has 2 aliphatic heterocycles. The van der Waals surface area contributed by atoms with Crippen molar-refractivity contribution in [3.63, 3.8) is 0 Å². The summed E-state index contributed by atoms with van der Waals surface area (Å²) in [7, 11) is 10.9. The van der Waals surface area contributed by atoms with Crippen LogP contribution in [0, 0.1) is 22.7 Å². The maximum absolute atomic E-state index is 2.73. The largest absolute Gasteiger partial charge is 0.327 e. The fraction of sp³-hybridized carbons (Fsp3) is 0.294. The van der Waals surface area contributed by atoms with Crippen molar-refractivity contribution < 1.29 is 8.97 Å². The van der Waals surface area contributed by atoms with Crippen molar-refractivity contribution in [2.75, 3.05) is 54.4 Å². The molecule has 2 nitrogen and oxygen atoms in total. The van der Waals surface area contributed by atoms with E-state index in [9.17, 15) is 0 Å². The number of likely N-dealkylation sites (tertiary alicyclic amines) is 2. The summed E-state index contributed by atoms with van der Waals surface area (Å²) in [6.07, 6.45) is 0. The van der Waals surface area contributed by atoms with Crippen LogP contribution in [0.1, 0.15) is 125 Å². The lowest BCUT2D eigenvalue weighted by molar-refractivity contribution is -0.881. The van der Waals surface area contributed by atoms with E-state index in [0.29, 0.717) is 47.3 Å². The highest BCUT2D eigenvalue weighted by Crippen LogP contribution is 2.97. The summed E-state index contributed by atoms with van der Waals surface area (Å²) < 4.78 is 2.31. The minimum Gasteiger partial charge on any atom is -0.327 e. The smallest absolute Gasteiger partial charge is 0.0934 e. The number of benzene rings is 10. The molecule has 19 aliphatic carbocycles. The summed E-state index contributed by atoms with van der Waals surface area (Å²) in [5.41, 5.74) is 48.6. The van der Waals surface area contributed by atoms with Gasteiger partial charge in [0.25, 0.3) is 0 Å². The minimum atomic E-state index is -0.00428. The highest BCUT2D eigenvalue weighted by atomic mass is 15.4. The molecular weight excluding hydrogens is 845 g/mol. The van der Waals surface area contributed by atoms with E-state index >= 15 is 0 Å². The van der Waals surface area contributed by atoms with Crippen LogP contribution in [0.2, 0.25) is 0 Å². The van der Waals surface area contributed by atoms with Crippen molar-refractivity contribution in [1.29, 1.82) is 0 Å². The zero-order valence-corrected chi connectivity index (χ0v) is 38.3. The quantitative estimate of drug-likeness (QED) is 0.105. The highest BCUT2D eigenvalue weighted by molar-refractivity contribution is 6.65. The third-order valence-electron chi connectivity index (χ3n) is 29.6. The lowest BCUT2D eigenvalue weighted by Crippen LogP contribution is -2.55. The van der Waals surface area contributed by atoms with Gasteiger partial charge in [0.2, 0.25) is 0 Å². The first-order valence-corrected chi connectivity index (χ1v) is 27.9. The van der Waals surface area contributed by atoms with Gasteiger partial charge in [0.05, 0.1) is 76.0 Å². The summed E-state index contributed by atoms with van der Waals surface area (Å²) >= 11 is 0. The normalized spacial score (nSPS) is 41.7. The first kappa shape index (κ1) is 27.3. The fourth-order valence-electron chi connectivity index (χ4n) is 31.2. The minimum absolute atomic E-state index is 0.00428. The Morgan fingerprint density at radius 1 is 0.329 bits per heavy atom. The standard InChI is InChI=1S/C68H28N2/c1-69(2)5-65-57-41-25-13-11-9-10-12-14-16-21-31-19(12)29(17(9)25)45(57)47(31)59-49-33(21)24-28(16)44-42-26(14)18(10)30-20(11)32-22-15(13)27-23-34(22)50-54-38-35(23)51(61(65)43(27)41)55-39(38)40-37(53(49)63(55)67(59,65)7-69)36(24)52-56(40)64(54)68-8-70(3,4)6-66(68,62(44)52)58(42)46(30)48(32)60(50)68/h27,39-40,43,45,48,57,60H,5-8H2,1-4H3/q+2/t27-,39-,40-,43+,45+,48-,57+,60+,65-,66-,67+,68+/m1/s1. The second-order valence-corrected chi connectivity index (χ2v) is 30.6. The number of hydrogen-bond acceptors (Lipinski definition) is 0. The fourth-order valence-corrected chi connectivity index (χ4v) is 31.2. The second kappa shape index (κ2) is 5.86. The second-order valence-electron chi connectivity index (χ2n) is 30.6. The molecule has 34 rings (SSSR count). The number of rotatable bonds is 0. The van der Waals surface area contributed by atoms with Crippen molar-refractivity contribution in [2.24, 2.45) is 22.7 Å². The van der Waals surface area contributed by atoms with Gasteiger partial charge in [-0.3, -0.25) is 0 Å². The summed E-state index contributed by atoms with van der Waals surface area (Å²) in [4.78, 5) is 0. The molecule has 70 heavy (non-hydrogen) atoms. The number of hydrogen-bond donors (Lipinski definition) is 0. The van der Waals surface area contributed by atoms with E-state index in [2.05, 4.69) is 33.8 Å². The van der Waals surface area contributed by atoms with Gasteiger partial charge in [-0.1, -0.05) is 0 Å². The van der Waals surface area contributed by atoms with Crippen LogP contribution in [0.3, 0.4) is 0 Å². The molecule has 4 spiro atoms. The van der Waals surface area contributed by atoms with E-state index in [1.54, 1.807) is 59.2 Å². The summed E-state index contributed by atoms with van der Waals surface area (Å²) in [6, 6.07) is 0. The Balaban J connectivity index is 1.11. The van der Waals surface area contributed by atoms with Crippen molar-refractivity contribution in [1.82, 2.24) is 0 Å². The molecule has 0 bridgehead atoms. The van der Waals surface area contributed by atoms with Crippen LogP contribution in [0.5, 0.6) is 0 Å². The Morgan fingerprint density at radius 2 is 0.886 bits per heavy atom. The Morgan fingerprint density at radius 3 is 1.71 bits per heavy atom. The van der Waals surface area contributed by atoms with Crippen LogP contribution in [-0.4, -0.2) is 63.3 Å². The number of nitrogens with zero attached hydrogens (tertiary/aromatic N) is 2. The van der Waals surface area contributed by atoms with Crippen LogP contribution in [0.15, 0.2) is 11.1 Å². The monoisotopic (exact) mass is 872 g/mol. The predicted octanol–water partition coefficient (Wildman–Crippen LogP) is 11.7. The Bertz CT molecular complexity index is 6130. The Labute approximate surface area is 393 Å². The molecule has 308 valence electrons. The van der Waals surface area contributed by atoms with Gasteiger partial charge in [-0.2, -0.15) is 0 Å². The molecule has 13 aromatic carbocycles. The first-order chi connectivity index (χ1) is 34.3. The van der Waals surface area contributed by atoms with Crippen molar-refractivity contribution in [2.45, 2.75) is 46.3 Å². The molecule has 12 atom stereocenters. The van der Waals surface area contributed by atoms with E-state index < -0.39 is 0 Å². The third kappa shape index (κ3) is 1.39. The van der Waals surface area contributed by atoms with Crippen LogP contribution in [0.4, 0.5) is 0 Å². The lowest BCUT2D eigenvalue weighted by atomic mass is 9.42. The molecule has 2 heterocycles. The molecule has 0 aromatic heterocycles. The number of allylic oxidation sites excluding steroid dienone is 3. The molecule has 2 saturated heterocycles. The van der Waals surface area contributed by atoms with E-state index in [1.165, 1.54) is 26.2 Å². The van der Waals surface area contributed by atoms with E-state index in [-0.39, 0.29) is 21.7 Å². The maximum atomic E-state index is 2.73. The van der Waals surface area contributed by atoms with Crippen LogP contribution in [-0.2, 0) is 10.8 Å². The third-order valence-corrected chi connectivity index (χ3v) is 29.6. The molecule has 2 heteroatoms. The van der Waals surface area contributed by atoms with Gasteiger partial charge in [-0.05, 0) is 263 Å². The van der Waals surface area contributed by atoms with Crippen LogP contribution >= 0.6 is 0 Å². The van der Waals surface area contributed by atoms with Gasteiger partial charge >= 0.3 is 0 Å². The molecule has 3 fully saturated rings. The number of likely N-dealkylation sites (N-methyl/N-ethyl adjacent to an activating group) is 2. The van der Waals surface area contributed by atoms with Gasteiger partial charge < -0.3 is 8.97 Å². The van der Waals surface area contributed by atoms with Gasteiger partial charge in [0.1, 0.15) is 0 Å². The predicted molar refractivity (Wildman–Crippen MR) is 274 cm³/mol. The average Bonchev–Trinajstić information content (AvgIpc) is 4.34. The maximum Gasteiger partial charge on any atom is 0.0934 e. The molecule has 0 amide bonds. The summed E-state index contributed by atoms with van der Waals surface area (Å²) in [6.45, 7) is 5.17. The Kier molecular flexibility index (Phi) is 2.29. The zero-order valence-electron chi connectivity index (χ0n) is 38.3. The van der Waals surface area contributed by atoms with E-state index in [4.69, 9.17) is 0 Å². The van der Waals surface area contributed by atoms with Crippen molar-refractivity contribution in [3.8, 4) is 11.1 Å². The van der Waals surface area contributed by atoms with Crippen molar-refractivity contribution in [3.05, 3.63) is 105 Å². The van der Waals surface area contributed by atoms with Gasteiger partial charge in [-0.25, -0.2) is 0 Å². The van der Waals surface area contributed by atoms with Crippen LogP contribution in [0.25, 0.3) is 157 Å². The highest BCUT2D eigenvalue weighted by Gasteiger charge is 2.89. The topological polar surface area (TPSA) is 0 Å². The molecule has 0 radical (unpaired) electrons. The molecule has 1 saturated carbocycles. The van der Waals surface area contributed by atoms with E-state index in [0.717, 1.165) is 8.97 Å². The lowest BCUT2D eigenvalue weighted by Gasteiger charge is -2.56. The molecule has 13 aromatic rings. The molecule has 21 aliphatic rings. The van der Waals surface area contributed by atoms with Gasteiger partial charge in [-0.15, -0.1) is 0 Å². The summed E-state index contributed by atoms with van der Waals surface area (Å²) in [5.74, 6) is 4.08. The zero-order chi connectivity index (χ0) is 42.2. The van der Waals surface area contributed by atoms with Crippen LogP contribution < -0.4 is 5.22 Å².